The summed E-state index contributed by atoms with van der Waals surface area (Å²) < 4.78 is 36.2. The number of likely N-dealkylation sites (tertiary alicyclic amines) is 1. The van der Waals surface area contributed by atoms with Crippen molar-refractivity contribution in [3.63, 3.8) is 0 Å². The van der Waals surface area contributed by atoms with E-state index < -0.39 is 10.0 Å². The van der Waals surface area contributed by atoms with Gasteiger partial charge in [0.1, 0.15) is 0 Å². The minimum Gasteiger partial charge on any atom is -0.479 e. The smallest absolute Gasteiger partial charge is 0.292 e. The fourth-order valence-corrected chi connectivity index (χ4v) is 5.13. The SMILES string of the molecule is COc1cc(C(=O)N2CCC[C@@H](N(C3CCC3)S(C)(=O)=O)CC2)on1. The summed E-state index contributed by atoms with van der Waals surface area (Å²) in [6.45, 7) is 1.09. The van der Waals surface area contributed by atoms with Crippen LogP contribution in [0, 0.1) is 0 Å². The molecule has 0 N–H and O–H groups in total. The Labute approximate surface area is 148 Å². The highest BCUT2D eigenvalue weighted by atomic mass is 32.2. The summed E-state index contributed by atoms with van der Waals surface area (Å²) in [6, 6.07) is 1.56. The van der Waals surface area contributed by atoms with E-state index in [2.05, 4.69) is 5.16 Å². The number of nitrogens with zero attached hydrogens (tertiary/aromatic N) is 3. The molecule has 0 spiro atoms. The number of sulfonamides is 1. The van der Waals surface area contributed by atoms with Gasteiger partial charge in [-0.3, -0.25) is 4.79 Å². The Morgan fingerprint density at radius 2 is 1.92 bits per heavy atom. The second-order valence-electron chi connectivity index (χ2n) is 6.79. The van der Waals surface area contributed by atoms with Gasteiger partial charge in [-0.25, -0.2) is 8.42 Å². The molecule has 0 unspecified atom stereocenters. The van der Waals surface area contributed by atoms with E-state index >= 15 is 0 Å². The van der Waals surface area contributed by atoms with Gasteiger partial charge in [-0.1, -0.05) is 6.42 Å². The molecular formula is C16H25N3O5S. The van der Waals surface area contributed by atoms with Crippen molar-refractivity contribution in [2.24, 2.45) is 0 Å². The first-order valence-corrected chi connectivity index (χ1v) is 10.5. The van der Waals surface area contributed by atoms with Gasteiger partial charge in [0.25, 0.3) is 11.8 Å². The number of hydrogen-bond acceptors (Lipinski definition) is 6. The Hall–Kier alpha value is -1.61. The van der Waals surface area contributed by atoms with Crippen LogP contribution >= 0.6 is 0 Å². The Morgan fingerprint density at radius 3 is 2.48 bits per heavy atom. The molecular weight excluding hydrogens is 346 g/mol. The fourth-order valence-electron chi connectivity index (χ4n) is 3.63. The van der Waals surface area contributed by atoms with Crippen molar-refractivity contribution in [2.45, 2.75) is 50.6 Å². The van der Waals surface area contributed by atoms with Crippen LogP contribution in [0.5, 0.6) is 5.88 Å². The highest BCUT2D eigenvalue weighted by Crippen LogP contribution is 2.32. The lowest BCUT2D eigenvalue weighted by molar-refractivity contribution is 0.0715. The van der Waals surface area contributed by atoms with Crippen LogP contribution in [-0.4, -0.2) is 67.2 Å². The Bertz CT molecular complexity index is 713. The van der Waals surface area contributed by atoms with Crippen LogP contribution in [0.2, 0.25) is 0 Å². The summed E-state index contributed by atoms with van der Waals surface area (Å²) >= 11 is 0. The standard InChI is InChI=1S/C16H25N3O5S/c1-23-15-11-14(24-17-15)16(20)18-9-4-7-13(8-10-18)19(25(2,21)22)12-5-3-6-12/h11-13H,3-10H2,1-2H3/t13-/m1/s1. The Balaban J connectivity index is 1.68. The molecule has 1 aliphatic heterocycles. The van der Waals surface area contributed by atoms with Crippen molar-refractivity contribution in [2.75, 3.05) is 26.5 Å². The first-order valence-electron chi connectivity index (χ1n) is 8.68. The number of carbonyl (C=O) groups excluding carboxylic acids is 1. The van der Waals surface area contributed by atoms with Crippen LogP contribution in [0.25, 0.3) is 0 Å². The third-order valence-electron chi connectivity index (χ3n) is 5.07. The predicted octanol–water partition coefficient (Wildman–Crippen LogP) is 1.49. The van der Waals surface area contributed by atoms with E-state index in [1.54, 1.807) is 9.21 Å². The molecule has 1 aliphatic carbocycles. The lowest BCUT2D eigenvalue weighted by Gasteiger charge is -2.40. The molecule has 9 heteroatoms. The zero-order chi connectivity index (χ0) is 18.0. The van der Waals surface area contributed by atoms with Gasteiger partial charge in [-0.15, -0.1) is 0 Å². The number of carbonyl (C=O) groups is 1. The highest BCUT2D eigenvalue weighted by molar-refractivity contribution is 7.88. The maximum atomic E-state index is 12.6. The molecule has 3 rings (SSSR count). The van der Waals surface area contributed by atoms with Crippen molar-refractivity contribution in [3.05, 3.63) is 11.8 Å². The van der Waals surface area contributed by atoms with Gasteiger partial charge in [-0.05, 0) is 37.3 Å². The number of ether oxygens (including phenoxy) is 1. The number of rotatable bonds is 5. The Morgan fingerprint density at radius 1 is 1.24 bits per heavy atom. The van der Waals surface area contributed by atoms with E-state index in [0.29, 0.717) is 19.5 Å². The summed E-state index contributed by atoms with van der Waals surface area (Å²) in [6.07, 6.45) is 6.42. The number of methoxy groups -OCH3 is 1. The molecule has 1 aromatic heterocycles. The average molecular weight is 371 g/mol. The van der Waals surface area contributed by atoms with E-state index in [1.807, 2.05) is 0 Å². The quantitative estimate of drug-likeness (QED) is 0.779. The summed E-state index contributed by atoms with van der Waals surface area (Å²) in [4.78, 5) is 14.3. The molecule has 1 saturated heterocycles. The normalized spacial score (nSPS) is 22.5. The summed E-state index contributed by atoms with van der Waals surface area (Å²) in [5.41, 5.74) is 0. The molecule has 1 aromatic rings. The van der Waals surface area contributed by atoms with Gasteiger partial charge in [0.2, 0.25) is 15.8 Å². The van der Waals surface area contributed by atoms with E-state index in [9.17, 15) is 13.2 Å². The molecule has 2 fully saturated rings. The molecule has 1 atom stereocenters. The molecule has 25 heavy (non-hydrogen) atoms. The first-order chi connectivity index (χ1) is 11.9. The number of hydrogen-bond donors (Lipinski definition) is 0. The molecule has 8 nitrogen and oxygen atoms in total. The predicted molar refractivity (Wildman–Crippen MR) is 90.9 cm³/mol. The maximum Gasteiger partial charge on any atom is 0.292 e. The van der Waals surface area contributed by atoms with Crippen molar-refractivity contribution in [1.82, 2.24) is 14.4 Å². The second kappa shape index (κ2) is 7.33. The summed E-state index contributed by atoms with van der Waals surface area (Å²) in [5.74, 6) is 0.185. The van der Waals surface area contributed by atoms with Gasteiger partial charge in [0, 0.05) is 25.2 Å². The lowest BCUT2D eigenvalue weighted by atomic mass is 9.91. The molecule has 1 saturated carbocycles. The van der Waals surface area contributed by atoms with Gasteiger partial charge in [-0.2, -0.15) is 4.31 Å². The molecule has 0 bridgehead atoms. The number of aromatic nitrogens is 1. The molecule has 0 radical (unpaired) electrons. The molecule has 2 heterocycles. The topological polar surface area (TPSA) is 93.0 Å². The van der Waals surface area contributed by atoms with Gasteiger partial charge >= 0.3 is 0 Å². The van der Waals surface area contributed by atoms with Crippen molar-refractivity contribution in [3.8, 4) is 5.88 Å². The lowest BCUT2D eigenvalue weighted by Crippen LogP contribution is -2.50. The maximum absolute atomic E-state index is 12.6. The molecule has 0 aromatic carbocycles. The van der Waals surface area contributed by atoms with Crippen LogP contribution in [0.4, 0.5) is 0 Å². The third-order valence-corrected chi connectivity index (χ3v) is 6.43. The van der Waals surface area contributed by atoms with Crippen LogP contribution < -0.4 is 4.74 Å². The number of amides is 1. The second-order valence-corrected chi connectivity index (χ2v) is 8.68. The monoisotopic (exact) mass is 371 g/mol. The van der Waals surface area contributed by atoms with E-state index in [-0.39, 0.29) is 29.6 Å². The van der Waals surface area contributed by atoms with Crippen molar-refractivity contribution in [1.29, 1.82) is 0 Å². The van der Waals surface area contributed by atoms with Crippen LogP contribution in [0.15, 0.2) is 10.6 Å². The average Bonchev–Trinajstić information content (AvgIpc) is 2.87. The van der Waals surface area contributed by atoms with Crippen LogP contribution in [0.3, 0.4) is 0 Å². The largest absolute Gasteiger partial charge is 0.479 e. The van der Waals surface area contributed by atoms with E-state index in [0.717, 1.165) is 32.1 Å². The third kappa shape index (κ3) is 3.98. The Kier molecular flexibility index (Phi) is 5.33. The minimum absolute atomic E-state index is 0.0395. The van der Waals surface area contributed by atoms with Gasteiger partial charge < -0.3 is 14.2 Å². The van der Waals surface area contributed by atoms with Crippen molar-refractivity contribution >= 4 is 15.9 Å². The van der Waals surface area contributed by atoms with Gasteiger partial charge in [0.15, 0.2) is 0 Å². The zero-order valence-electron chi connectivity index (χ0n) is 14.7. The highest BCUT2D eigenvalue weighted by Gasteiger charge is 2.38. The van der Waals surface area contributed by atoms with Crippen LogP contribution in [-0.2, 0) is 10.0 Å². The van der Waals surface area contributed by atoms with Crippen molar-refractivity contribution < 1.29 is 22.5 Å². The van der Waals surface area contributed by atoms with Crippen LogP contribution in [0.1, 0.15) is 49.1 Å². The van der Waals surface area contributed by atoms with E-state index in [1.165, 1.54) is 19.4 Å². The summed E-state index contributed by atoms with van der Waals surface area (Å²) in [7, 11) is -1.78. The molecule has 2 aliphatic rings. The van der Waals surface area contributed by atoms with Gasteiger partial charge in [0.05, 0.1) is 19.4 Å². The summed E-state index contributed by atoms with van der Waals surface area (Å²) in [5, 5.41) is 3.66. The molecule has 1 amide bonds. The molecule has 140 valence electrons. The zero-order valence-corrected chi connectivity index (χ0v) is 15.5. The minimum atomic E-state index is -3.25. The fraction of sp³-hybridized carbons (Fsp3) is 0.750. The first kappa shape index (κ1) is 18.2. The van der Waals surface area contributed by atoms with E-state index in [4.69, 9.17) is 9.26 Å².